The second-order valence-corrected chi connectivity index (χ2v) is 5.51. The third kappa shape index (κ3) is 4.58. The van der Waals surface area contributed by atoms with Gasteiger partial charge >= 0.3 is 0 Å². The second kappa shape index (κ2) is 7.60. The van der Waals surface area contributed by atoms with Crippen LogP contribution >= 0.6 is 0 Å². The average molecular weight is 265 g/mol. The van der Waals surface area contributed by atoms with Crippen LogP contribution in [-0.4, -0.2) is 46.1 Å². The molecule has 108 valence electrons. The quantitative estimate of drug-likeness (QED) is 0.724. The molecule has 2 heterocycles. The Morgan fingerprint density at radius 2 is 2.26 bits per heavy atom. The molecule has 1 aliphatic rings. The normalized spacial score (nSPS) is 20.2. The molecule has 1 fully saturated rings. The molecule has 1 unspecified atom stereocenters. The van der Waals surface area contributed by atoms with Gasteiger partial charge in [-0.3, -0.25) is 4.68 Å². The van der Waals surface area contributed by atoms with Crippen LogP contribution in [0.15, 0.2) is 6.20 Å². The van der Waals surface area contributed by atoms with E-state index in [1.807, 2.05) is 4.68 Å². The summed E-state index contributed by atoms with van der Waals surface area (Å²) in [4.78, 5) is 2.55. The van der Waals surface area contributed by atoms with Crippen LogP contribution in [0, 0.1) is 5.92 Å². The second-order valence-electron chi connectivity index (χ2n) is 5.51. The van der Waals surface area contributed by atoms with Gasteiger partial charge in [0.15, 0.2) is 0 Å². The van der Waals surface area contributed by atoms with Crippen LogP contribution in [0.2, 0.25) is 0 Å². The first kappa shape index (κ1) is 14.5. The molecule has 1 saturated heterocycles. The number of nitrogens with one attached hydrogen (secondary N) is 1. The SMILES string of the molecule is CCCNCc1cn(CCN2CCC(CC)C2)nn1. The van der Waals surface area contributed by atoms with E-state index in [0.29, 0.717) is 0 Å². The van der Waals surface area contributed by atoms with Crippen molar-refractivity contribution in [2.45, 2.75) is 46.2 Å². The summed E-state index contributed by atoms with van der Waals surface area (Å²) in [5, 5.41) is 11.7. The molecule has 1 aliphatic heterocycles. The summed E-state index contributed by atoms with van der Waals surface area (Å²) in [5.74, 6) is 0.907. The smallest absolute Gasteiger partial charge is 0.0964 e. The highest BCUT2D eigenvalue weighted by molar-refractivity contribution is 4.91. The molecule has 0 aliphatic carbocycles. The van der Waals surface area contributed by atoms with Gasteiger partial charge < -0.3 is 10.2 Å². The van der Waals surface area contributed by atoms with Gasteiger partial charge in [-0.1, -0.05) is 25.5 Å². The van der Waals surface area contributed by atoms with Gasteiger partial charge in [-0.05, 0) is 31.8 Å². The van der Waals surface area contributed by atoms with Crippen LogP contribution in [0.1, 0.15) is 38.8 Å². The van der Waals surface area contributed by atoms with E-state index < -0.39 is 0 Å². The summed E-state index contributed by atoms with van der Waals surface area (Å²) in [7, 11) is 0. The van der Waals surface area contributed by atoms with E-state index in [4.69, 9.17) is 0 Å². The maximum atomic E-state index is 4.20. The van der Waals surface area contributed by atoms with E-state index in [2.05, 4.69) is 40.6 Å². The lowest BCUT2D eigenvalue weighted by molar-refractivity contribution is 0.301. The lowest BCUT2D eigenvalue weighted by Gasteiger charge is -2.14. The molecular weight excluding hydrogens is 238 g/mol. The predicted molar refractivity (Wildman–Crippen MR) is 76.9 cm³/mol. The van der Waals surface area contributed by atoms with Gasteiger partial charge in [0.1, 0.15) is 0 Å². The van der Waals surface area contributed by atoms with Crippen LogP contribution in [0.3, 0.4) is 0 Å². The molecule has 5 heteroatoms. The van der Waals surface area contributed by atoms with E-state index in [9.17, 15) is 0 Å². The van der Waals surface area contributed by atoms with Crippen LogP contribution in [0.5, 0.6) is 0 Å². The van der Waals surface area contributed by atoms with Crippen LogP contribution < -0.4 is 5.32 Å². The highest BCUT2D eigenvalue weighted by Crippen LogP contribution is 2.18. The largest absolute Gasteiger partial charge is 0.311 e. The number of rotatable bonds is 8. The summed E-state index contributed by atoms with van der Waals surface area (Å²) in [6.45, 7) is 10.9. The molecule has 19 heavy (non-hydrogen) atoms. The Labute approximate surface area is 116 Å². The zero-order chi connectivity index (χ0) is 13.5. The monoisotopic (exact) mass is 265 g/mol. The van der Waals surface area contributed by atoms with Crippen molar-refractivity contribution in [2.24, 2.45) is 5.92 Å². The molecule has 1 aromatic rings. The predicted octanol–water partition coefficient (Wildman–Crippen LogP) is 1.51. The molecule has 1 N–H and O–H groups in total. The van der Waals surface area contributed by atoms with Gasteiger partial charge in [0, 0.05) is 25.8 Å². The van der Waals surface area contributed by atoms with Gasteiger partial charge in [-0.2, -0.15) is 0 Å². The number of aromatic nitrogens is 3. The van der Waals surface area contributed by atoms with Crippen molar-refractivity contribution in [1.82, 2.24) is 25.2 Å². The molecule has 2 rings (SSSR count). The number of hydrogen-bond acceptors (Lipinski definition) is 4. The minimum Gasteiger partial charge on any atom is -0.311 e. The van der Waals surface area contributed by atoms with Crippen LogP contribution in [0.4, 0.5) is 0 Å². The average Bonchev–Trinajstić information content (AvgIpc) is 3.05. The molecule has 0 radical (unpaired) electrons. The third-order valence-electron chi connectivity index (χ3n) is 3.91. The van der Waals surface area contributed by atoms with Crippen molar-refractivity contribution in [3.05, 3.63) is 11.9 Å². The molecule has 0 saturated carbocycles. The van der Waals surface area contributed by atoms with Crippen molar-refractivity contribution < 1.29 is 0 Å². The van der Waals surface area contributed by atoms with Crippen LogP contribution in [0.25, 0.3) is 0 Å². The summed E-state index contributed by atoms with van der Waals surface area (Å²) in [6.07, 6.45) is 5.89. The van der Waals surface area contributed by atoms with E-state index in [0.717, 1.165) is 44.2 Å². The van der Waals surface area contributed by atoms with Gasteiger partial charge in [0.2, 0.25) is 0 Å². The molecule has 1 aromatic heterocycles. The molecule has 0 spiro atoms. The van der Waals surface area contributed by atoms with Gasteiger partial charge in [0.25, 0.3) is 0 Å². The summed E-state index contributed by atoms with van der Waals surface area (Å²) < 4.78 is 1.97. The Bertz CT molecular complexity index is 362. The molecule has 0 aromatic carbocycles. The summed E-state index contributed by atoms with van der Waals surface area (Å²) in [5.41, 5.74) is 1.04. The van der Waals surface area contributed by atoms with Crippen molar-refractivity contribution in [3.8, 4) is 0 Å². The highest BCUT2D eigenvalue weighted by atomic mass is 15.4. The fourth-order valence-corrected chi connectivity index (χ4v) is 2.62. The van der Waals surface area contributed by atoms with Gasteiger partial charge in [-0.15, -0.1) is 5.10 Å². The number of hydrogen-bond donors (Lipinski definition) is 1. The first-order valence-corrected chi connectivity index (χ1v) is 7.64. The van der Waals surface area contributed by atoms with Gasteiger partial charge in [0.05, 0.1) is 12.2 Å². The Hall–Kier alpha value is -0.940. The Balaban J connectivity index is 1.68. The highest BCUT2D eigenvalue weighted by Gasteiger charge is 2.20. The zero-order valence-corrected chi connectivity index (χ0v) is 12.3. The fourth-order valence-electron chi connectivity index (χ4n) is 2.62. The van der Waals surface area contributed by atoms with Gasteiger partial charge in [-0.25, -0.2) is 0 Å². The maximum absolute atomic E-state index is 4.20. The molecule has 1 atom stereocenters. The topological polar surface area (TPSA) is 46.0 Å². The van der Waals surface area contributed by atoms with Crippen molar-refractivity contribution >= 4 is 0 Å². The molecular formula is C14H27N5. The van der Waals surface area contributed by atoms with E-state index in [-0.39, 0.29) is 0 Å². The lowest BCUT2D eigenvalue weighted by atomic mass is 10.1. The first-order chi connectivity index (χ1) is 9.31. The van der Waals surface area contributed by atoms with Crippen molar-refractivity contribution in [3.63, 3.8) is 0 Å². The molecule has 0 bridgehead atoms. The zero-order valence-electron chi connectivity index (χ0n) is 12.3. The van der Waals surface area contributed by atoms with Crippen molar-refractivity contribution in [2.75, 3.05) is 26.2 Å². The third-order valence-corrected chi connectivity index (χ3v) is 3.91. The van der Waals surface area contributed by atoms with E-state index >= 15 is 0 Å². The fraction of sp³-hybridized carbons (Fsp3) is 0.857. The lowest BCUT2D eigenvalue weighted by Crippen LogP contribution is -2.25. The Kier molecular flexibility index (Phi) is 5.79. The maximum Gasteiger partial charge on any atom is 0.0964 e. The van der Waals surface area contributed by atoms with Crippen molar-refractivity contribution in [1.29, 1.82) is 0 Å². The minimum atomic E-state index is 0.829. The molecule has 0 amide bonds. The van der Waals surface area contributed by atoms with E-state index in [1.165, 1.54) is 25.9 Å². The van der Waals surface area contributed by atoms with Crippen LogP contribution in [-0.2, 0) is 13.1 Å². The summed E-state index contributed by atoms with van der Waals surface area (Å²) >= 11 is 0. The number of nitrogens with zero attached hydrogens (tertiary/aromatic N) is 4. The first-order valence-electron chi connectivity index (χ1n) is 7.64. The Morgan fingerprint density at radius 1 is 1.37 bits per heavy atom. The Morgan fingerprint density at radius 3 is 3.00 bits per heavy atom. The summed E-state index contributed by atoms with van der Waals surface area (Å²) in [6, 6.07) is 0. The number of likely N-dealkylation sites (tertiary alicyclic amines) is 1. The van der Waals surface area contributed by atoms with E-state index in [1.54, 1.807) is 0 Å². The minimum absolute atomic E-state index is 0.829. The standard InChI is InChI=1S/C14H27N5/c1-3-6-15-10-14-12-19(17-16-14)9-8-18-7-5-13(4-2)11-18/h12-13,15H,3-11H2,1-2H3. The molecule has 5 nitrogen and oxygen atoms in total.